The summed E-state index contributed by atoms with van der Waals surface area (Å²) in [5.41, 5.74) is 1.06. The van der Waals surface area contributed by atoms with E-state index in [0.717, 1.165) is 4.47 Å². The lowest BCUT2D eigenvalue weighted by molar-refractivity contribution is -0.384. The van der Waals surface area contributed by atoms with Crippen LogP contribution in [0.2, 0.25) is 5.02 Å². The number of aromatic nitrogens is 1. The summed E-state index contributed by atoms with van der Waals surface area (Å²) in [4.78, 5) is 22.1. The number of pyridine rings is 1. The Balaban J connectivity index is 2.41. The largest absolute Gasteiger partial charge is 0.310 e. The first-order chi connectivity index (χ1) is 9.38. The normalized spacial score (nSPS) is 10.6. The topological polar surface area (TPSA) is 65.1 Å². The van der Waals surface area contributed by atoms with Crippen molar-refractivity contribution >= 4 is 33.2 Å². The fraction of sp³-hybridized carbons (Fsp3) is 0.154. The molecule has 0 aliphatic carbocycles. The van der Waals surface area contributed by atoms with Gasteiger partial charge in [0.05, 0.1) is 16.5 Å². The van der Waals surface area contributed by atoms with Crippen molar-refractivity contribution in [3.05, 3.63) is 71.6 Å². The Morgan fingerprint density at radius 1 is 1.40 bits per heavy atom. The van der Waals surface area contributed by atoms with Crippen molar-refractivity contribution in [3.8, 4) is 0 Å². The van der Waals surface area contributed by atoms with Crippen molar-refractivity contribution in [1.29, 1.82) is 0 Å². The molecule has 0 unspecified atom stereocenters. The molecule has 0 amide bonds. The summed E-state index contributed by atoms with van der Waals surface area (Å²) in [5.74, 6) is 0. The van der Waals surface area contributed by atoms with Gasteiger partial charge in [-0.3, -0.25) is 14.9 Å². The van der Waals surface area contributed by atoms with Crippen LogP contribution in [0.25, 0.3) is 0 Å². The van der Waals surface area contributed by atoms with Crippen LogP contribution in [0.15, 0.2) is 39.7 Å². The van der Waals surface area contributed by atoms with E-state index in [-0.39, 0.29) is 22.8 Å². The highest BCUT2D eigenvalue weighted by Gasteiger charge is 2.11. The van der Waals surface area contributed by atoms with Gasteiger partial charge in [0.1, 0.15) is 0 Å². The van der Waals surface area contributed by atoms with Crippen LogP contribution in [0.1, 0.15) is 11.1 Å². The minimum absolute atomic E-state index is 0.0727. The molecule has 1 aromatic heterocycles. The maximum absolute atomic E-state index is 12.0. The molecule has 0 saturated heterocycles. The Labute approximate surface area is 128 Å². The third kappa shape index (κ3) is 3.08. The third-order valence-corrected chi connectivity index (χ3v) is 3.61. The van der Waals surface area contributed by atoms with E-state index in [9.17, 15) is 14.9 Å². The van der Waals surface area contributed by atoms with Gasteiger partial charge in [0, 0.05) is 28.4 Å². The van der Waals surface area contributed by atoms with Gasteiger partial charge in [-0.25, -0.2) is 0 Å². The molecule has 104 valence electrons. The van der Waals surface area contributed by atoms with Gasteiger partial charge < -0.3 is 4.57 Å². The van der Waals surface area contributed by atoms with E-state index in [4.69, 9.17) is 11.6 Å². The number of non-ortho nitro benzene ring substituents is 1. The van der Waals surface area contributed by atoms with Crippen LogP contribution in [0.3, 0.4) is 0 Å². The summed E-state index contributed by atoms with van der Waals surface area (Å²) < 4.78 is 2.29. The van der Waals surface area contributed by atoms with Crippen LogP contribution in [0, 0.1) is 17.0 Å². The molecule has 1 aromatic carbocycles. The summed E-state index contributed by atoms with van der Waals surface area (Å²) in [5, 5.41) is 10.9. The van der Waals surface area contributed by atoms with Crippen molar-refractivity contribution in [1.82, 2.24) is 4.57 Å². The maximum atomic E-state index is 12.0. The SMILES string of the molecule is Cc1cc(Br)cn(Cc2ccc([N+](=O)[O-])cc2Cl)c1=O. The molecule has 0 radical (unpaired) electrons. The van der Waals surface area contributed by atoms with Crippen LogP contribution < -0.4 is 5.56 Å². The molecule has 20 heavy (non-hydrogen) atoms. The van der Waals surface area contributed by atoms with E-state index in [0.29, 0.717) is 11.1 Å². The average molecular weight is 358 g/mol. The van der Waals surface area contributed by atoms with Gasteiger partial charge in [0.25, 0.3) is 11.2 Å². The van der Waals surface area contributed by atoms with Crippen LogP contribution in [-0.4, -0.2) is 9.49 Å². The van der Waals surface area contributed by atoms with Gasteiger partial charge >= 0.3 is 0 Å². The highest BCUT2D eigenvalue weighted by molar-refractivity contribution is 9.10. The van der Waals surface area contributed by atoms with E-state index in [1.54, 1.807) is 25.3 Å². The lowest BCUT2D eigenvalue weighted by Gasteiger charge is -2.09. The molecule has 1 heterocycles. The summed E-state index contributed by atoms with van der Waals surface area (Å²) in [6.45, 7) is 1.98. The van der Waals surface area contributed by atoms with Crippen molar-refractivity contribution in [2.75, 3.05) is 0 Å². The number of rotatable bonds is 3. The molecule has 2 rings (SSSR count). The predicted octanol–water partition coefficient (Wildman–Crippen LogP) is 3.53. The zero-order valence-electron chi connectivity index (χ0n) is 10.5. The Kier molecular flexibility index (Phi) is 4.25. The van der Waals surface area contributed by atoms with Gasteiger partial charge in [0.15, 0.2) is 0 Å². The van der Waals surface area contributed by atoms with Gasteiger partial charge in [-0.15, -0.1) is 0 Å². The highest BCUT2D eigenvalue weighted by atomic mass is 79.9. The summed E-state index contributed by atoms with van der Waals surface area (Å²) in [6, 6.07) is 5.95. The number of nitro benzene ring substituents is 1. The predicted molar refractivity (Wildman–Crippen MR) is 80.3 cm³/mol. The van der Waals surface area contributed by atoms with Crippen molar-refractivity contribution in [2.24, 2.45) is 0 Å². The van der Waals surface area contributed by atoms with Crippen molar-refractivity contribution in [3.63, 3.8) is 0 Å². The van der Waals surface area contributed by atoms with Crippen molar-refractivity contribution < 1.29 is 4.92 Å². The number of nitro groups is 1. The smallest absolute Gasteiger partial charge is 0.270 e. The van der Waals surface area contributed by atoms with Gasteiger partial charge in [-0.1, -0.05) is 11.6 Å². The number of hydrogen-bond donors (Lipinski definition) is 0. The van der Waals surface area contributed by atoms with E-state index < -0.39 is 4.92 Å². The summed E-state index contributed by atoms with van der Waals surface area (Å²) >= 11 is 9.35. The zero-order valence-corrected chi connectivity index (χ0v) is 12.8. The second-order valence-corrected chi connectivity index (χ2v) is 5.63. The van der Waals surface area contributed by atoms with E-state index >= 15 is 0 Å². The number of nitrogens with zero attached hydrogens (tertiary/aromatic N) is 2. The molecule has 0 atom stereocenters. The molecule has 0 bridgehead atoms. The number of benzene rings is 1. The Hall–Kier alpha value is -1.66. The molecule has 5 nitrogen and oxygen atoms in total. The van der Waals surface area contributed by atoms with Crippen LogP contribution in [0.5, 0.6) is 0 Å². The molecule has 0 spiro atoms. The summed E-state index contributed by atoms with van der Waals surface area (Å²) in [7, 11) is 0. The molecule has 0 N–H and O–H groups in total. The quantitative estimate of drug-likeness (QED) is 0.623. The van der Waals surface area contributed by atoms with Crippen molar-refractivity contribution in [2.45, 2.75) is 13.5 Å². The fourth-order valence-corrected chi connectivity index (χ4v) is 2.64. The monoisotopic (exact) mass is 356 g/mol. The zero-order chi connectivity index (χ0) is 14.9. The molecular formula is C13H10BrClN2O3. The first kappa shape index (κ1) is 14.7. The Morgan fingerprint density at radius 2 is 2.10 bits per heavy atom. The Morgan fingerprint density at radius 3 is 2.70 bits per heavy atom. The number of hydrogen-bond acceptors (Lipinski definition) is 3. The minimum Gasteiger partial charge on any atom is -0.310 e. The minimum atomic E-state index is -0.509. The molecule has 0 fully saturated rings. The number of aryl methyl sites for hydroxylation is 1. The lowest BCUT2D eigenvalue weighted by Crippen LogP contribution is -2.22. The van der Waals surface area contributed by atoms with Gasteiger partial charge in [0.2, 0.25) is 0 Å². The second kappa shape index (κ2) is 5.76. The van der Waals surface area contributed by atoms with Crippen LogP contribution >= 0.6 is 27.5 Å². The average Bonchev–Trinajstić information content (AvgIpc) is 2.37. The Bertz CT molecular complexity index is 743. The standard InChI is InChI=1S/C13H10BrClN2O3/c1-8-4-10(14)7-16(13(8)18)6-9-2-3-11(17(19)20)5-12(9)15/h2-5,7H,6H2,1H3. The fourth-order valence-electron chi connectivity index (χ4n) is 1.82. The van der Waals surface area contributed by atoms with E-state index in [2.05, 4.69) is 15.9 Å². The summed E-state index contributed by atoms with van der Waals surface area (Å²) in [6.07, 6.45) is 1.66. The molecule has 0 aliphatic rings. The second-order valence-electron chi connectivity index (χ2n) is 4.31. The molecular weight excluding hydrogens is 348 g/mol. The first-order valence-electron chi connectivity index (χ1n) is 5.68. The van der Waals surface area contributed by atoms with Gasteiger partial charge in [-0.05, 0) is 40.5 Å². The lowest BCUT2D eigenvalue weighted by atomic mass is 10.2. The molecule has 2 aromatic rings. The third-order valence-electron chi connectivity index (χ3n) is 2.82. The highest BCUT2D eigenvalue weighted by Crippen LogP contribution is 2.23. The first-order valence-corrected chi connectivity index (χ1v) is 6.85. The molecule has 7 heteroatoms. The number of halogens is 2. The maximum Gasteiger partial charge on any atom is 0.270 e. The van der Waals surface area contributed by atoms with Gasteiger partial charge in [-0.2, -0.15) is 0 Å². The van der Waals surface area contributed by atoms with Crippen LogP contribution in [-0.2, 0) is 6.54 Å². The van der Waals surface area contributed by atoms with Crippen LogP contribution in [0.4, 0.5) is 5.69 Å². The molecule has 0 aliphatic heterocycles. The van der Waals surface area contributed by atoms with E-state index in [1.165, 1.54) is 16.7 Å². The van der Waals surface area contributed by atoms with E-state index in [1.807, 2.05) is 0 Å². The molecule has 0 saturated carbocycles.